The molecule has 1 heterocycles. The maximum absolute atomic E-state index is 12.8. The number of fused-ring (bicyclic) bond motifs is 1. The number of hydrazone groups is 1. The zero-order chi connectivity index (χ0) is 19.5. The molecule has 0 fully saturated rings. The zero-order valence-electron chi connectivity index (χ0n) is 14.6. The van der Waals surface area contributed by atoms with Crippen molar-refractivity contribution in [1.82, 2.24) is 10.4 Å². The summed E-state index contributed by atoms with van der Waals surface area (Å²) < 4.78 is 0.984. The second kappa shape index (κ2) is 8.00. The van der Waals surface area contributed by atoms with Gasteiger partial charge in [-0.05, 0) is 41.5 Å². The van der Waals surface area contributed by atoms with E-state index in [-0.39, 0.29) is 5.91 Å². The van der Waals surface area contributed by atoms with Crippen LogP contribution in [0.15, 0.2) is 82.4 Å². The number of hydrogen-bond donors (Lipinski definition) is 2. The summed E-state index contributed by atoms with van der Waals surface area (Å²) in [6.07, 6.45) is 1.60. The van der Waals surface area contributed by atoms with E-state index in [1.54, 1.807) is 12.3 Å². The van der Waals surface area contributed by atoms with Gasteiger partial charge in [0.25, 0.3) is 5.91 Å². The first-order chi connectivity index (χ1) is 13.6. The molecule has 0 radical (unpaired) electrons. The van der Waals surface area contributed by atoms with E-state index in [0.29, 0.717) is 10.7 Å². The monoisotopic (exact) mass is 451 g/mol. The molecule has 0 aliphatic carbocycles. The fraction of sp³-hybridized carbons (Fsp3) is 0. The van der Waals surface area contributed by atoms with E-state index < -0.39 is 0 Å². The molecule has 0 bridgehead atoms. The molecule has 0 unspecified atom stereocenters. The van der Waals surface area contributed by atoms with Gasteiger partial charge < -0.3 is 4.98 Å². The molecular weight excluding hydrogens is 438 g/mol. The minimum Gasteiger partial charge on any atom is -0.350 e. The Morgan fingerprint density at radius 1 is 1.04 bits per heavy atom. The van der Waals surface area contributed by atoms with E-state index in [4.69, 9.17) is 11.6 Å². The molecule has 1 amide bonds. The van der Waals surface area contributed by atoms with Crippen LogP contribution in [0.4, 0.5) is 0 Å². The smallest absolute Gasteiger partial charge is 0.288 e. The van der Waals surface area contributed by atoms with Crippen LogP contribution in [0.5, 0.6) is 0 Å². The largest absolute Gasteiger partial charge is 0.350 e. The van der Waals surface area contributed by atoms with Crippen molar-refractivity contribution in [3.05, 3.63) is 93.5 Å². The maximum Gasteiger partial charge on any atom is 0.288 e. The molecule has 4 rings (SSSR count). The first-order valence-corrected chi connectivity index (χ1v) is 9.74. The van der Waals surface area contributed by atoms with Crippen molar-refractivity contribution in [1.29, 1.82) is 0 Å². The summed E-state index contributed by atoms with van der Waals surface area (Å²) in [5.74, 6) is -0.320. The molecule has 0 spiro atoms. The van der Waals surface area contributed by atoms with Crippen LogP contribution in [0.25, 0.3) is 22.0 Å². The Morgan fingerprint density at radius 2 is 1.79 bits per heavy atom. The Balaban J connectivity index is 1.69. The number of nitrogens with one attached hydrogen (secondary N) is 2. The van der Waals surface area contributed by atoms with Crippen LogP contribution < -0.4 is 5.43 Å². The van der Waals surface area contributed by atoms with Crippen molar-refractivity contribution < 1.29 is 4.79 Å². The summed E-state index contributed by atoms with van der Waals surface area (Å²) in [4.78, 5) is 16.0. The Kier molecular flexibility index (Phi) is 5.28. The topological polar surface area (TPSA) is 57.2 Å². The van der Waals surface area contributed by atoms with E-state index >= 15 is 0 Å². The molecule has 6 heteroatoms. The van der Waals surface area contributed by atoms with Crippen molar-refractivity contribution >= 4 is 50.6 Å². The predicted molar refractivity (Wildman–Crippen MR) is 118 cm³/mol. The SMILES string of the molecule is O=C(NN=Cc1ccc(Br)cc1)c1[nH]c2ccc(Cl)cc2c1-c1ccccc1. The third kappa shape index (κ3) is 3.86. The van der Waals surface area contributed by atoms with Gasteiger partial charge in [0.1, 0.15) is 5.69 Å². The van der Waals surface area contributed by atoms with Crippen LogP contribution in [-0.2, 0) is 0 Å². The van der Waals surface area contributed by atoms with Gasteiger partial charge in [-0.2, -0.15) is 5.10 Å². The summed E-state index contributed by atoms with van der Waals surface area (Å²) >= 11 is 9.58. The van der Waals surface area contributed by atoms with Crippen LogP contribution in [-0.4, -0.2) is 17.1 Å². The van der Waals surface area contributed by atoms with E-state index in [2.05, 4.69) is 31.4 Å². The second-order valence-electron chi connectivity index (χ2n) is 6.18. The van der Waals surface area contributed by atoms with Crippen molar-refractivity contribution in [2.45, 2.75) is 0 Å². The molecule has 3 aromatic carbocycles. The van der Waals surface area contributed by atoms with Gasteiger partial charge >= 0.3 is 0 Å². The van der Waals surface area contributed by atoms with Gasteiger partial charge in [0.2, 0.25) is 0 Å². The average molecular weight is 453 g/mol. The molecule has 0 saturated heterocycles. The Labute approximate surface area is 175 Å². The Bertz CT molecular complexity index is 1170. The zero-order valence-corrected chi connectivity index (χ0v) is 17.0. The van der Waals surface area contributed by atoms with Crippen LogP contribution in [0.1, 0.15) is 16.1 Å². The number of amides is 1. The lowest BCUT2D eigenvalue weighted by Gasteiger charge is -2.04. The summed E-state index contributed by atoms with van der Waals surface area (Å²) in [7, 11) is 0. The van der Waals surface area contributed by atoms with Crippen LogP contribution in [0, 0.1) is 0 Å². The molecule has 4 aromatic rings. The minimum atomic E-state index is -0.320. The normalized spacial score (nSPS) is 11.2. The van der Waals surface area contributed by atoms with Gasteiger partial charge in [0.15, 0.2) is 0 Å². The number of H-pyrrole nitrogens is 1. The van der Waals surface area contributed by atoms with E-state index in [9.17, 15) is 4.79 Å². The molecule has 0 aliphatic rings. The van der Waals surface area contributed by atoms with Gasteiger partial charge in [0.05, 0.1) is 6.21 Å². The second-order valence-corrected chi connectivity index (χ2v) is 7.53. The van der Waals surface area contributed by atoms with Crippen molar-refractivity contribution in [3.63, 3.8) is 0 Å². The molecule has 1 aromatic heterocycles. The molecule has 0 atom stereocenters. The average Bonchev–Trinajstić information content (AvgIpc) is 3.09. The molecule has 2 N–H and O–H groups in total. The lowest BCUT2D eigenvalue weighted by molar-refractivity contribution is 0.0951. The van der Waals surface area contributed by atoms with Gasteiger partial charge in [0, 0.05) is 26.0 Å². The number of hydrogen-bond acceptors (Lipinski definition) is 2. The summed E-state index contributed by atoms with van der Waals surface area (Å²) in [5.41, 5.74) is 6.50. The van der Waals surface area contributed by atoms with Gasteiger partial charge in [-0.15, -0.1) is 0 Å². The first kappa shape index (κ1) is 18.5. The fourth-order valence-electron chi connectivity index (χ4n) is 3.01. The molecule has 4 nitrogen and oxygen atoms in total. The third-order valence-corrected chi connectivity index (χ3v) is 5.06. The van der Waals surface area contributed by atoms with E-state index in [1.807, 2.05) is 66.7 Å². The number of aromatic nitrogens is 1. The highest BCUT2D eigenvalue weighted by Crippen LogP contribution is 2.34. The van der Waals surface area contributed by atoms with Gasteiger partial charge in [-0.3, -0.25) is 4.79 Å². The summed E-state index contributed by atoms with van der Waals surface area (Å²) in [6, 6.07) is 22.9. The Morgan fingerprint density at radius 3 is 2.54 bits per heavy atom. The molecule has 138 valence electrons. The fourth-order valence-corrected chi connectivity index (χ4v) is 3.45. The predicted octanol–water partition coefficient (Wildman–Crippen LogP) is 6.01. The van der Waals surface area contributed by atoms with E-state index in [1.165, 1.54) is 0 Å². The minimum absolute atomic E-state index is 0.320. The maximum atomic E-state index is 12.8. The van der Waals surface area contributed by atoms with Gasteiger partial charge in [-0.25, -0.2) is 5.43 Å². The van der Waals surface area contributed by atoms with Crippen molar-refractivity contribution in [2.75, 3.05) is 0 Å². The highest BCUT2D eigenvalue weighted by atomic mass is 79.9. The highest BCUT2D eigenvalue weighted by molar-refractivity contribution is 9.10. The third-order valence-electron chi connectivity index (χ3n) is 4.30. The lowest BCUT2D eigenvalue weighted by Crippen LogP contribution is -2.18. The first-order valence-electron chi connectivity index (χ1n) is 8.57. The van der Waals surface area contributed by atoms with Crippen LogP contribution in [0.3, 0.4) is 0 Å². The number of rotatable bonds is 4. The number of carbonyl (C=O) groups excluding carboxylic acids is 1. The van der Waals surface area contributed by atoms with Gasteiger partial charge in [-0.1, -0.05) is 70.0 Å². The summed E-state index contributed by atoms with van der Waals surface area (Å²) in [5, 5.41) is 5.59. The quantitative estimate of drug-likeness (QED) is 0.289. The number of halogens is 2. The standard InChI is InChI=1S/C22H15BrClN3O/c23-16-8-6-14(7-9-16)13-25-27-22(28)21-20(15-4-2-1-3-5-15)18-12-17(24)10-11-19(18)26-21/h1-13,26H,(H,27,28). The number of carbonyl (C=O) groups is 1. The molecule has 0 saturated carbocycles. The highest BCUT2D eigenvalue weighted by Gasteiger charge is 2.19. The number of benzene rings is 3. The lowest BCUT2D eigenvalue weighted by atomic mass is 10.0. The Hall–Kier alpha value is -2.89. The summed E-state index contributed by atoms with van der Waals surface area (Å²) in [6.45, 7) is 0. The molecule has 0 aliphatic heterocycles. The number of aromatic amines is 1. The number of nitrogens with zero attached hydrogens (tertiary/aromatic N) is 1. The van der Waals surface area contributed by atoms with Crippen LogP contribution >= 0.6 is 27.5 Å². The van der Waals surface area contributed by atoms with Crippen molar-refractivity contribution in [2.24, 2.45) is 5.10 Å². The van der Waals surface area contributed by atoms with Crippen molar-refractivity contribution in [3.8, 4) is 11.1 Å². The molecular formula is C22H15BrClN3O. The van der Waals surface area contributed by atoms with E-state index in [0.717, 1.165) is 32.1 Å². The van der Waals surface area contributed by atoms with Crippen LogP contribution in [0.2, 0.25) is 5.02 Å². The molecule has 28 heavy (non-hydrogen) atoms.